The molecule has 1 aromatic carbocycles. The zero-order chi connectivity index (χ0) is 12.6. The second kappa shape index (κ2) is 4.20. The summed E-state index contributed by atoms with van der Waals surface area (Å²) in [6.07, 6.45) is 0.486. The summed E-state index contributed by atoms with van der Waals surface area (Å²) in [6, 6.07) is 4.39. The summed E-state index contributed by atoms with van der Waals surface area (Å²) in [6.45, 7) is 3.63. The topological polar surface area (TPSA) is 53.1 Å². The van der Waals surface area contributed by atoms with Crippen molar-refractivity contribution in [1.29, 1.82) is 0 Å². The van der Waals surface area contributed by atoms with Gasteiger partial charge in [0.1, 0.15) is 5.82 Å². The van der Waals surface area contributed by atoms with Gasteiger partial charge in [0.2, 0.25) is 0 Å². The molecule has 2 N–H and O–H groups in total. The van der Waals surface area contributed by atoms with E-state index in [-0.39, 0.29) is 5.82 Å². The number of fused-ring (bicyclic) bond motifs is 1. The number of halogens is 1. The maximum absolute atomic E-state index is 13.2. The van der Waals surface area contributed by atoms with E-state index in [0.29, 0.717) is 17.4 Å². The second-order valence-corrected chi connectivity index (χ2v) is 4.15. The summed E-state index contributed by atoms with van der Waals surface area (Å²) in [5.74, 6) is -1.82. The lowest BCUT2D eigenvalue weighted by molar-refractivity contribution is -0.138. The van der Waals surface area contributed by atoms with Gasteiger partial charge in [-0.25, -0.2) is 4.39 Å². The van der Waals surface area contributed by atoms with E-state index in [1.165, 1.54) is 12.1 Å². The molecule has 0 fully saturated rings. The predicted octanol–water partition coefficient (Wildman–Crippen LogP) is 3.19. The molecular weight excluding hydrogens is 221 g/mol. The van der Waals surface area contributed by atoms with E-state index < -0.39 is 11.9 Å². The lowest BCUT2D eigenvalue weighted by Crippen LogP contribution is -2.11. The number of nitrogens with one attached hydrogen (secondary N) is 1. The van der Waals surface area contributed by atoms with Gasteiger partial charge in [0.25, 0.3) is 0 Å². The maximum atomic E-state index is 13.2. The third-order valence-corrected chi connectivity index (χ3v) is 3.05. The molecule has 0 saturated heterocycles. The van der Waals surface area contributed by atoms with Crippen LogP contribution in [0.4, 0.5) is 4.39 Å². The summed E-state index contributed by atoms with van der Waals surface area (Å²) in [5, 5.41) is 9.85. The van der Waals surface area contributed by atoms with E-state index in [1.54, 1.807) is 6.07 Å². The predicted molar refractivity (Wildman–Crippen MR) is 63.7 cm³/mol. The van der Waals surface area contributed by atoms with Crippen molar-refractivity contribution in [2.45, 2.75) is 26.2 Å². The van der Waals surface area contributed by atoms with Gasteiger partial charge in [-0.2, -0.15) is 0 Å². The number of hydrogen-bond acceptors (Lipinski definition) is 1. The quantitative estimate of drug-likeness (QED) is 0.858. The highest BCUT2D eigenvalue weighted by atomic mass is 19.1. The van der Waals surface area contributed by atoms with Crippen molar-refractivity contribution >= 4 is 16.9 Å². The van der Waals surface area contributed by atoms with Gasteiger partial charge in [-0.05, 0) is 37.1 Å². The fourth-order valence-corrected chi connectivity index (χ4v) is 2.27. The number of aromatic nitrogens is 1. The van der Waals surface area contributed by atoms with Crippen LogP contribution in [0, 0.1) is 12.7 Å². The highest BCUT2D eigenvalue weighted by Gasteiger charge is 2.23. The minimum absolute atomic E-state index is 0.349. The smallest absolute Gasteiger partial charge is 0.311 e. The van der Waals surface area contributed by atoms with Crippen molar-refractivity contribution < 1.29 is 14.3 Å². The molecule has 0 spiro atoms. The molecule has 1 unspecified atom stereocenters. The number of hydrogen-bond donors (Lipinski definition) is 2. The number of aliphatic carboxylic acids is 1. The Labute approximate surface area is 98.3 Å². The van der Waals surface area contributed by atoms with E-state index in [0.717, 1.165) is 11.2 Å². The first-order valence-corrected chi connectivity index (χ1v) is 5.55. The normalized spacial score (nSPS) is 12.9. The Hall–Kier alpha value is -1.84. The van der Waals surface area contributed by atoms with Crippen LogP contribution in [0.15, 0.2) is 18.2 Å². The Bertz CT molecular complexity index is 574. The van der Waals surface area contributed by atoms with Crippen LogP contribution in [0.2, 0.25) is 0 Å². The molecule has 90 valence electrons. The average Bonchev–Trinajstić information content (AvgIpc) is 2.56. The molecule has 0 radical (unpaired) electrons. The number of carboxylic acid groups (broad SMARTS) is 1. The fraction of sp³-hybridized carbons (Fsp3) is 0.308. The molecule has 0 aliphatic rings. The van der Waals surface area contributed by atoms with E-state index >= 15 is 0 Å². The van der Waals surface area contributed by atoms with Crippen LogP contribution in [0.25, 0.3) is 10.9 Å². The number of carboxylic acids is 1. The largest absolute Gasteiger partial charge is 0.481 e. The molecular formula is C13H14FNO2. The number of rotatable bonds is 3. The first kappa shape index (κ1) is 11.6. The molecule has 1 aromatic heterocycles. The molecule has 1 heterocycles. The number of aryl methyl sites for hydroxylation is 1. The molecule has 0 bridgehead atoms. The molecule has 1 atom stereocenters. The Morgan fingerprint density at radius 2 is 2.24 bits per heavy atom. The van der Waals surface area contributed by atoms with Crippen molar-refractivity contribution in [3.05, 3.63) is 35.3 Å². The van der Waals surface area contributed by atoms with Crippen LogP contribution in [0.5, 0.6) is 0 Å². The molecule has 2 rings (SSSR count). The summed E-state index contributed by atoms with van der Waals surface area (Å²) >= 11 is 0. The Morgan fingerprint density at radius 3 is 2.82 bits per heavy atom. The zero-order valence-electron chi connectivity index (χ0n) is 9.75. The second-order valence-electron chi connectivity index (χ2n) is 4.15. The molecule has 3 nitrogen and oxygen atoms in total. The third kappa shape index (κ3) is 1.90. The van der Waals surface area contributed by atoms with Crippen LogP contribution in [-0.4, -0.2) is 16.1 Å². The summed E-state index contributed by atoms with van der Waals surface area (Å²) < 4.78 is 13.2. The Balaban J connectivity index is 2.70. The molecule has 17 heavy (non-hydrogen) atoms. The van der Waals surface area contributed by atoms with Gasteiger partial charge in [-0.1, -0.05) is 6.92 Å². The minimum Gasteiger partial charge on any atom is -0.481 e. The monoisotopic (exact) mass is 235 g/mol. The van der Waals surface area contributed by atoms with Crippen LogP contribution < -0.4 is 0 Å². The molecule has 0 aliphatic heterocycles. The van der Waals surface area contributed by atoms with E-state index in [2.05, 4.69) is 4.98 Å². The van der Waals surface area contributed by atoms with Crippen LogP contribution in [-0.2, 0) is 4.79 Å². The average molecular weight is 235 g/mol. The van der Waals surface area contributed by atoms with E-state index in [4.69, 9.17) is 0 Å². The van der Waals surface area contributed by atoms with Gasteiger partial charge in [0.05, 0.1) is 5.92 Å². The molecule has 2 aromatic rings. The third-order valence-electron chi connectivity index (χ3n) is 3.05. The zero-order valence-corrected chi connectivity index (χ0v) is 9.75. The lowest BCUT2D eigenvalue weighted by Gasteiger charge is -2.10. The summed E-state index contributed by atoms with van der Waals surface area (Å²) in [7, 11) is 0. The first-order valence-electron chi connectivity index (χ1n) is 5.55. The van der Waals surface area contributed by atoms with Gasteiger partial charge in [0.15, 0.2) is 0 Å². The SMILES string of the molecule is CCC(C(=O)O)c1c(C)[nH]c2ccc(F)cc12. The Kier molecular flexibility index (Phi) is 2.88. The van der Waals surface area contributed by atoms with Crippen molar-refractivity contribution in [1.82, 2.24) is 4.98 Å². The maximum Gasteiger partial charge on any atom is 0.311 e. The highest BCUT2D eigenvalue weighted by Crippen LogP contribution is 2.31. The van der Waals surface area contributed by atoms with Crippen molar-refractivity contribution in [3.63, 3.8) is 0 Å². The molecule has 4 heteroatoms. The standard InChI is InChI=1S/C13H14FNO2/c1-3-9(13(16)17)12-7(2)15-11-5-4-8(14)6-10(11)12/h4-6,9,15H,3H2,1-2H3,(H,16,17). The van der Waals surface area contributed by atoms with Gasteiger partial charge in [0, 0.05) is 16.6 Å². The van der Waals surface area contributed by atoms with Crippen molar-refractivity contribution in [2.75, 3.05) is 0 Å². The van der Waals surface area contributed by atoms with Crippen LogP contribution in [0.3, 0.4) is 0 Å². The first-order chi connectivity index (χ1) is 8.04. The number of benzene rings is 1. The van der Waals surface area contributed by atoms with E-state index in [9.17, 15) is 14.3 Å². The summed E-state index contributed by atoms with van der Waals surface area (Å²) in [5.41, 5.74) is 2.26. The minimum atomic E-state index is -0.874. The van der Waals surface area contributed by atoms with Crippen molar-refractivity contribution in [2.24, 2.45) is 0 Å². The molecule has 0 aliphatic carbocycles. The van der Waals surface area contributed by atoms with Gasteiger partial charge in [-0.15, -0.1) is 0 Å². The van der Waals surface area contributed by atoms with Crippen LogP contribution in [0.1, 0.15) is 30.5 Å². The molecule has 0 saturated carbocycles. The lowest BCUT2D eigenvalue weighted by atomic mass is 9.94. The summed E-state index contributed by atoms with van der Waals surface area (Å²) in [4.78, 5) is 14.3. The van der Waals surface area contributed by atoms with Gasteiger partial charge in [-0.3, -0.25) is 4.79 Å². The number of H-pyrrole nitrogens is 1. The van der Waals surface area contributed by atoms with Crippen molar-refractivity contribution in [3.8, 4) is 0 Å². The molecule has 0 amide bonds. The Morgan fingerprint density at radius 1 is 1.53 bits per heavy atom. The van der Waals surface area contributed by atoms with E-state index in [1.807, 2.05) is 13.8 Å². The van der Waals surface area contributed by atoms with Crippen LogP contribution >= 0.6 is 0 Å². The highest BCUT2D eigenvalue weighted by molar-refractivity contribution is 5.90. The van der Waals surface area contributed by atoms with Gasteiger partial charge >= 0.3 is 5.97 Å². The fourth-order valence-electron chi connectivity index (χ4n) is 2.27. The number of aromatic amines is 1. The van der Waals surface area contributed by atoms with Gasteiger partial charge < -0.3 is 10.1 Å². The number of carbonyl (C=O) groups is 1.